The molecule has 0 amide bonds. The van der Waals surface area contributed by atoms with Crippen LogP contribution in [-0.2, 0) is 0 Å². The summed E-state index contributed by atoms with van der Waals surface area (Å²) in [4.78, 5) is 8.63. The number of hydrogen-bond acceptors (Lipinski definition) is 4. The van der Waals surface area contributed by atoms with Crippen molar-refractivity contribution in [3.63, 3.8) is 0 Å². The average Bonchev–Trinajstić information content (AvgIpc) is 2.59. The van der Waals surface area contributed by atoms with E-state index < -0.39 is 5.60 Å². The molecule has 3 rings (SSSR count). The summed E-state index contributed by atoms with van der Waals surface area (Å²) in [5.41, 5.74) is 2.68. The van der Waals surface area contributed by atoms with E-state index in [2.05, 4.69) is 21.8 Å². The predicted octanol–water partition coefficient (Wildman–Crippen LogP) is 3.43. The minimum absolute atomic E-state index is 0.581. The summed E-state index contributed by atoms with van der Waals surface area (Å²) in [7, 11) is 1.59. The Kier molecular flexibility index (Phi) is 4.20. The molecule has 0 radical (unpaired) electrons. The van der Waals surface area contributed by atoms with Crippen LogP contribution in [0, 0.1) is 11.8 Å². The van der Waals surface area contributed by atoms with E-state index in [4.69, 9.17) is 4.74 Å². The molecule has 2 aromatic heterocycles. The molecule has 1 N–H and O–H groups in total. The summed E-state index contributed by atoms with van der Waals surface area (Å²) in [5, 5.41) is 10.8. The highest BCUT2D eigenvalue weighted by atomic mass is 16.5. The summed E-state index contributed by atoms with van der Waals surface area (Å²) >= 11 is 0. The van der Waals surface area contributed by atoms with Gasteiger partial charge in [0.25, 0.3) is 0 Å². The highest BCUT2D eigenvalue weighted by molar-refractivity contribution is 5.89. The fraction of sp³-hybridized carbons (Fsp3) is 0.200. The van der Waals surface area contributed by atoms with Crippen molar-refractivity contribution in [2.75, 3.05) is 7.11 Å². The summed E-state index contributed by atoms with van der Waals surface area (Å²) in [6.07, 6.45) is 3.50. The molecular formula is C20H18N2O2. The Morgan fingerprint density at radius 1 is 1.04 bits per heavy atom. The van der Waals surface area contributed by atoms with Gasteiger partial charge in [-0.25, -0.2) is 4.98 Å². The molecule has 1 aromatic carbocycles. The van der Waals surface area contributed by atoms with Crippen LogP contribution in [0.4, 0.5) is 0 Å². The smallest absolute Gasteiger partial charge is 0.212 e. The van der Waals surface area contributed by atoms with Crippen LogP contribution in [0.2, 0.25) is 0 Å². The number of benzene rings is 1. The first-order valence-electron chi connectivity index (χ1n) is 7.61. The van der Waals surface area contributed by atoms with E-state index in [0.29, 0.717) is 5.88 Å². The van der Waals surface area contributed by atoms with Crippen molar-refractivity contribution < 1.29 is 9.84 Å². The summed E-state index contributed by atoms with van der Waals surface area (Å²) in [5.74, 6) is 6.48. The van der Waals surface area contributed by atoms with Gasteiger partial charge in [0.1, 0.15) is 5.60 Å². The number of ether oxygens (including phenoxy) is 1. The van der Waals surface area contributed by atoms with E-state index in [0.717, 1.165) is 27.6 Å². The fourth-order valence-electron chi connectivity index (χ4n) is 2.33. The zero-order valence-corrected chi connectivity index (χ0v) is 13.9. The zero-order chi connectivity index (χ0) is 17.2. The Morgan fingerprint density at radius 2 is 1.83 bits per heavy atom. The fourth-order valence-corrected chi connectivity index (χ4v) is 2.33. The Morgan fingerprint density at radius 3 is 2.50 bits per heavy atom. The third-order valence-electron chi connectivity index (χ3n) is 3.52. The molecule has 120 valence electrons. The van der Waals surface area contributed by atoms with Gasteiger partial charge in [-0.2, -0.15) is 0 Å². The van der Waals surface area contributed by atoms with Crippen molar-refractivity contribution in [1.82, 2.24) is 9.97 Å². The molecule has 0 unspecified atom stereocenters. The van der Waals surface area contributed by atoms with E-state index in [-0.39, 0.29) is 0 Å². The lowest BCUT2D eigenvalue weighted by Gasteiger charge is -2.08. The van der Waals surface area contributed by atoms with E-state index in [1.807, 2.05) is 36.4 Å². The number of aromatic nitrogens is 2. The van der Waals surface area contributed by atoms with Crippen molar-refractivity contribution in [3.8, 4) is 28.8 Å². The van der Waals surface area contributed by atoms with Gasteiger partial charge in [0.05, 0.1) is 12.6 Å². The van der Waals surface area contributed by atoms with Crippen molar-refractivity contribution in [1.29, 1.82) is 0 Å². The number of fused-ring (bicyclic) bond motifs is 1. The van der Waals surface area contributed by atoms with Gasteiger partial charge in [-0.05, 0) is 43.7 Å². The lowest BCUT2D eigenvalue weighted by atomic mass is 10.0. The van der Waals surface area contributed by atoms with Gasteiger partial charge in [-0.15, -0.1) is 0 Å². The van der Waals surface area contributed by atoms with E-state index in [1.54, 1.807) is 33.4 Å². The third kappa shape index (κ3) is 3.53. The Balaban J connectivity index is 2.10. The minimum atomic E-state index is -1.03. The van der Waals surface area contributed by atoms with Crippen LogP contribution >= 0.6 is 0 Å². The van der Waals surface area contributed by atoms with Crippen molar-refractivity contribution in [2.24, 2.45) is 0 Å². The molecule has 0 bridgehead atoms. The Bertz CT molecular complexity index is 930. The van der Waals surface area contributed by atoms with Crippen LogP contribution in [0.25, 0.3) is 22.0 Å². The molecule has 3 aromatic rings. The molecule has 0 fully saturated rings. The van der Waals surface area contributed by atoms with Crippen LogP contribution in [0.15, 0.2) is 48.8 Å². The Hall–Kier alpha value is -2.90. The summed E-state index contributed by atoms with van der Waals surface area (Å²) < 4.78 is 5.10. The maximum atomic E-state index is 9.82. The molecular weight excluding hydrogens is 300 g/mol. The van der Waals surface area contributed by atoms with Gasteiger partial charge >= 0.3 is 0 Å². The highest BCUT2D eigenvalue weighted by Crippen LogP contribution is 2.26. The topological polar surface area (TPSA) is 55.2 Å². The summed E-state index contributed by atoms with van der Waals surface area (Å²) in [6.45, 7) is 3.33. The number of rotatable bonds is 2. The molecule has 4 nitrogen and oxygen atoms in total. The van der Waals surface area contributed by atoms with Gasteiger partial charge in [-0.3, -0.25) is 4.98 Å². The Labute approximate surface area is 141 Å². The number of pyridine rings is 2. The van der Waals surface area contributed by atoms with Crippen molar-refractivity contribution in [2.45, 2.75) is 19.4 Å². The van der Waals surface area contributed by atoms with Gasteiger partial charge in [-0.1, -0.05) is 17.9 Å². The van der Waals surface area contributed by atoms with E-state index >= 15 is 0 Å². The van der Waals surface area contributed by atoms with Crippen LogP contribution in [0.1, 0.15) is 19.4 Å². The minimum Gasteiger partial charge on any atom is -0.481 e. The molecule has 0 saturated heterocycles. The second-order valence-electron chi connectivity index (χ2n) is 5.99. The lowest BCUT2D eigenvalue weighted by Crippen LogP contribution is -2.14. The first kappa shape index (κ1) is 16.0. The molecule has 0 aliphatic rings. The largest absolute Gasteiger partial charge is 0.481 e. The van der Waals surface area contributed by atoms with Gasteiger partial charge in [0.15, 0.2) is 0 Å². The first-order valence-corrected chi connectivity index (χ1v) is 7.61. The molecule has 0 spiro atoms. The number of hydrogen-bond donors (Lipinski definition) is 1. The van der Waals surface area contributed by atoms with Gasteiger partial charge < -0.3 is 9.84 Å². The molecule has 0 aliphatic carbocycles. The van der Waals surface area contributed by atoms with Crippen molar-refractivity contribution in [3.05, 3.63) is 54.4 Å². The molecule has 0 aliphatic heterocycles. The van der Waals surface area contributed by atoms with Gasteiger partial charge in [0, 0.05) is 35.0 Å². The zero-order valence-electron chi connectivity index (χ0n) is 13.9. The average molecular weight is 318 g/mol. The normalized spacial score (nSPS) is 11.0. The number of aliphatic hydroxyl groups is 1. The molecule has 0 atom stereocenters. The van der Waals surface area contributed by atoms with Gasteiger partial charge in [0.2, 0.25) is 5.88 Å². The molecule has 4 heteroatoms. The number of methoxy groups -OCH3 is 1. The molecule has 0 saturated carbocycles. The maximum absolute atomic E-state index is 9.82. The van der Waals surface area contributed by atoms with Crippen LogP contribution in [0.3, 0.4) is 0 Å². The quantitative estimate of drug-likeness (QED) is 0.736. The van der Waals surface area contributed by atoms with Crippen molar-refractivity contribution >= 4 is 10.9 Å². The van der Waals surface area contributed by atoms with E-state index in [1.165, 1.54) is 0 Å². The lowest BCUT2D eigenvalue weighted by molar-refractivity contribution is 0.143. The van der Waals surface area contributed by atoms with Crippen LogP contribution < -0.4 is 4.74 Å². The second kappa shape index (κ2) is 6.31. The SMILES string of the molecule is COc1ccc(-c2ccc3nccc(C#CC(C)(C)O)c3c2)cn1. The van der Waals surface area contributed by atoms with Crippen LogP contribution in [-0.4, -0.2) is 27.8 Å². The first-order chi connectivity index (χ1) is 11.5. The van der Waals surface area contributed by atoms with Crippen LogP contribution in [0.5, 0.6) is 5.88 Å². The third-order valence-corrected chi connectivity index (χ3v) is 3.52. The second-order valence-corrected chi connectivity index (χ2v) is 5.99. The number of nitrogens with zero attached hydrogens (tertiary/aromatic N) is 2. The maximum Gasteiger partial charge on any atom is 0.212 e. The predicted molar refractivity (Wildman–Crippen MR) is 94.7 cm³/mol. The monoisotopic (exact) mass is 318 g/mol. The molecule has 24 heavy (non-hydrogen) atoms. The molecule has 2 heterocycles. The summed E-state index contributed by atoms with van der Waals surface area (Å²) in [6, 6.07) is 11.7. The highest BCUT2D eigenvalue weighted by Gasteiger charge is 2.08. The van der Waals surface area contributed by atoms with E-state index in [9.17, 15) is 5.11 Å². The standard InChI is InChI=1S/C20H18N2O2/c1-20(2,23)10-8-14-9-11-21-18-6-4-15(12-17(14)18)16-5-7-19(24-3)22-13-16/h4-7,9,11-13,23H,1-3H3.